The van der Waals surface area contributed by atoms with Crippen molar-refractivity contribution in [1.29, 1.82) is 0 Å². The van der Waals surface area contributed by atoms with Gasteiger partial charge in [0, 0.05) is 22.7 Å². The molecule has 1 N–H and O–H groups in total. The van der Waals surface area contributed by atoms with Crippen molar-refractivity contribution in [3.63, 3.8) is 0 Å². The average Bonchev–Trinajstić information content (AvgIpc) is 2.81. The molecule has 0 fully saturated rings. The third-order valence-corrected chi connectivity index (χ3v) is 3.26. The topological polar surface area (TPSA) is 21.3 Å². The second-order valence-corrected chi connectivity index (χ2v) is 4.55. The highest BCUT2D eigenvalue weighted by molar-refractivity contribution is 7.08. The van der Waals surface area contributed by atoms with E-state index in [0.29, 0.717) is 11.3 Å². The summed E-state index contributed by atoms with van der Waals surface area (Å²) in [4.78, 5) is 0. The first-order valence-electron chi connectivity index (χ1n) is 5.33. The van der Waals surface area contributed by atoms with Gasteiger partial charge in [0.2, 0.25) is 0 Å². The molecule has 1 atom stereocenters. The van der Waals surface area contributed by atoms with Gasteiger partial charge in [-0.2, -0.15) is 11.3 Å². The van der Waals surface area contributed by atoms with Gasteiger partial charge < -0.3 is 10.1 Å². The second-order valence-electron chi connectivity index (χ2n) is 3.77. The van der Waals surface area contributed by atoms with Crippen LogP contribution in [0.4, 0.5) is 10.1 Å². The maximum absolute atomic E-state index is 13.8. The van der Waals surface area contributed by atoms with Crippen LogP contribution in [0.3, 0.4) is 0 Å². The molecule has 90 valence electrons. The molecule has 0 aliphatic rings. The van der Waals surface area contributed by atoms with Gasteiger partial charge in [0.05, 0.1) is 13.2 Å². The van der Waals surface area contributed by atoms with Crippen LogP contribution >= 0.6 is 11.3 Å². The summed E-state index contributed by atoms with van der Waals surface area (Å²) >= 11 is 1.61. The maximum atomic E-state index is 13.8. The maximum Gasteiger partial charge on any atom is 0.132 e. The van der Waals surface area contributed by atoms with Crippen molar-refractivity contribution in [3.8, 4) is 5.75 Å². The molecule has 0 saturated carbocycles. The van der Waals surface area contributed by atoms with E-state index in [1.54, 1.807) is 23.5 Å². The standard InChI is InChI=1S/C13H14FNOS/c1-9(15-10-5-6-17-8-10)12-4-3-11(16-2)7-13(12)14/h3-9,15H,1-2H3. The van der Waals surface area contributed by atoms with Crippen LogP contribution in [0, 0.1) is 5.82 Å². The minimum Gasteiger partial charge on any atom is -0.497 e. The van der Waals surface area contributed by atoms with Crippen molar-refractivity contribution in [2.45, 2.75) is 13.0 Å². The van der Waals surface area contributed by atoms with Gasteiger partial charge >= 0.3 is 0 Å². The monoisotopic (exact) mass is 251 g/mol. The fraction of sp³-hybridized carbons (Fsp3) is 0.231. The Balaban J connectivity index is 2.16. The van der Waals surface area contributed by atoms with E-state index in [2.05, 4.69) is 5.32 Å². The number of benzene rings is 1. The molecular formula is C13H14FNOS. The molecule has 0 spiro atoms. The molecule has 17 heavy (non-hydrogen) atoms. The minimum atomic E-state index is -0.250. The highest BCUT2D eigenvalue weighted by Crippen LogP contribution is 2.25. The molecule has 0 radical (unpaired) electrons. The number of thiophene rings is 1. The Bertz CT molecular complexity index is 484. The van der Waals surface area contributed by atoms with Crippen molar-refractivity contribution in [1.82, 2.24) is 0 Å². The summed E-state index contributed by atoms with van der Waals surface area (Å²) in [7, 11) is 1.53. The number of ether oxygens (including phenoxy) is 1. The highest BCUT2D eigenvalue weighted by atomic mass is 32.1. The van der Waals surface area contributed by atoms with E-state index in [9.17, 15) is 4.39 Å². The number of halogens is 1. The lowest BCUT2D eigenvalue weighted by Gasteiger charge is -2.15. The molecular weight excluding hydrogens is 237 g/mol. The van der Waals surface area contributed by atoms with Gasteiger partial charge in [0.25, 0.3) is 0 Å². The Morgan fingerprint density at radius 1 is 1.35 bits per heavy atom. The first kappa shape index (κ1) is 11.9. The molecule has 2 nitrogen and oxygen atoms in total. The minimum absolute atomic E-state index is 0.0736. The van der Waals surface area contributed by atoms with Gasteiger partial charge in [-0.1, -0.05) is 6.07 Å². The van der Waals surface area contributed by atoms with Gasteiger partial charge in [-0.05, 0) is 24.4 Å². The third-order valence-electron chi connectivity index (χ3n) is 2.58. The number of hydrogen-bond acceptors (Lipinski definition) is 3. The quantitative estimate of drug-likeness (QED) is 0.884. The fourth-order valence-electron chi connectivity index (χ4n) is 1.66. The molecule has 1 heterocycles. The zero-order chi connectivity index (χ0) is 12.3. The van der Waals surface area contributed by atoms with Crippen molar-refractivity contribution in [2.75, 3.05) is 12.4 Å². The predicted octanol–water partition coefficient (Wildman–Crippen LogP) is 4.07. The smallest absolute Gasteiger partial charge is 0.132 e. The van der Waals surface area contributed by atoms with Crippen LogP contribution in [0.5, 0.6) is 5.75 Å². The Labute approximate surface area is 104 Å². The van der Waals surface area contributed by atoms with E-state index in [1.165, 1.54) is 13.2 Å². The van der Waals surface area contributed by atoms with Crippen LogP contribution in [-0.4, -0.2) is 7.11 Å². The molecule has 1 aromatic heterocycles. The lowest BCUT2D eigenvalue weighted by atomic mass is 10.1. The van der Waals surface area contributed by atoms with E-state index in [1.807, 2.05) is 23.8 Å². The van der Waals surface area contributed by atoms with Crippen LogP contribution in [0.15, 0.2) is 35.0 Å². The summed E-state index contributed by atoms with van der Waals surface area (Å²) in [5.74, 6) is 0.286. The number of anilines is 1. The SMILES string of the molecule is COc1ccc(C(C)Nc2ccsc2)c(F)c1. The Morgan fingerprint density at radius 2 is 2.18 bits per heavy atom. The average molecular weight is 251 g/mol. The summed E-state index contributed by atoms with van der Waals surface area (Å²) in [6.45, 7) is 1.93. The van der Waals surface area contributed by atoms with Crippen molar-refractivity contribution in [3.05, 3.63) is 46.4 Å². The van der Waals surface area contributed by atoms with Crippen molar-refractivity contribution in [2.24, 2.45) is 0 Å². The third kappa shape index (κ3) is 2.77. The number of hydrogen-bond donors (Lipinski definition) is 1. The normalized spacial score (nSPS) is 12.2. The van der Waals surface area contributed by atoms with Crippen LogP contribution < -0.4 is 10.1 Å². The number of nitrogens with one attached hydrogen (secondary N) is 1. The van der Waals surface area contributed by atoms with E-state index in [0.717, 1.165) is 5.69 Å². The van der Waals surface area contributed by atoms with E-state index in [-0.39, 0.29) is 11.9 Å². The van der Waals surface area contributed by atoms with Crippen LogP contribution in [0.1, 0.15) is 18.5 Å². The Hall–Kier alpha value is -1.55. The van der Waals surface area contributed by atoms with Gasteiger partial charge in [-0.25, -0.2) is 4.39 Å². The number of methoxy groups -OCH3 is 1. The second kappa shape index (κ2) is 5.19. The number of rotatable bonds is 4. The van der Waals surface area contributed by atoms with Crippen molar-refractivity contribution < 1.29 is 9.13 Å². The largest absolute Gasteiger partial charge is 0.497 e. The zero-order valence-corrected chi connectivity index (χ0v) is 10.6. The Kier molecular flexibility index (Phi) is 3.64. The lowest BCUT2D eigenvalue weighted by Crippen LogP contribution is -2.08. The van der Waals surface area contributed by atoms with Crippen LogP contribution in [-0.2, 0) is 0 Å². The summed E-state index contributed by atoms with van der Waals surface area (Å²) in [6.07, 6.45) is 0. The summed E-state index contributed by atoms with van der Waals surface area (Å²) in [6, 6.07) is 6.82. The highest BCUT2D eigenvalue weighted by Gasteiger charge is 2.11. The molecule has 0 saturated heterocycles. The van der Waals surface area contributed by atoms with Crippen LogP contribution in [0.2, 0.25) is 0 Å². The molecule has 2 aromatic rings. The van der Waals surface area contributed by atoms with Gasteiger partial charge in [-0.15, -0.1) is 0 Å². The first-order valence-corrected chi connectivity index (χ1v) is 6.27. The molecule has 4 heteroatoms. The van der Waals surface area contributed by atoms with E-state index in [4.69, 9.17) is 4.74 Å². The lowest BCUT2D eigenvalue weighted by molar-refractivity contribution is 0.410. The summed E-state index contributed by atoms with van der Waals surface area (Å²) < 4.78 is 18.8. The Morgan fingerprint density at radius 3 is 2.76 bits per heavy atom. The molecule has 0 aliphatic carbocycles. The molecule has 1 unspecified atom stereocenters. The summed E-state index contributed by atoms with van der Waals surface area (Å²) in [5, 5.41) is 7.23. The first-order chi connectivity index (χ1) is 8.20. The molecule has 2 rings (SSSR count). The van der Waals surface area contributed by atoms with E-state index < -0.39 is 0 Å². The summed E-state index contributed by atoms with van der Waals surface area (Å²) in [5.41, 5.74) is 1.65. The van der Waals surface area contributed by atoms with Gasteiger partial charge in [0.1, 0.15) is 11.6 Å². The van der Waals surface area contributed by atoms with Gasteiger partial charge in [-0.3, -0.25) is 0 Å². The molecule has 1 aromatic carbocycles. The predicted molar refractivity (Wildman–Crippen MR) is 69.3 cm³/mol. The van der Waals surface area contributed by atoms with Crippen molar-refractivity contribution >= 4 is 17.0 Å². The molecule has 0 aliphatic heterocycles. The molecule has 0 bridgehead atoms. The van der Waals surface area contributed by atoms with E-state index >= 15 is 0 Å². The molecule has 0 amide bonds. The fourth-order valence-corrected chi connectivity index (χ4v) is 2.26. The van der Waals surface area contributed by atoms with Gasteiger partial charge in [0.15, 0.2) is 0 Å². The van der Waals surface area contributed by atoms with Crippen LogP contribution in [0.25, 0.3) is 0 Å². The zero-order valence-electron chi connectivity index (χ0n) is 9.74.